The van der Waals surface area contributed by atoms with Crippen molar-refractivity contribution in [1.82, 2.24) is 15.1 Å². The molecule has 0 atom stereocenters. The molecular formula is C13H23N3. The van der Waals surface area contributed by atoms with Gasteiger partial charge in [0.05, 0.1) is 12.2 Å². The van der Waals surface area contributed by atoms with Crippen LogP contribution in [0.2, 0.25) is 0 Å². The van der Waals surface area contributed by atoms with Crippen LogP contribution in [-0.2, 0) is 6.54 Å². The quantitative estimate of drug-likeness (QED) is 0.773. The Bertz CT molecular complexity index is 324. The molecule has 0 aromatic carbocycles. The van der Waals surface area contributed by atoms with Gasteiger partial charge in [0.15, 0.2) is 0 Å². The van der Waals surface area contributed by atoms with Crippen LogP contribution in [0.1, 0.15) is 37.1 Å². The Hall–Kier alpha value is -0.830. The third-order valence-corrected chi connectivity index (χ3v) is 3.51. The molecule has 16 heavy (non-hydrogen) atoms. The monoisotopic (exact) mass is 221 g/mol. The molecule has 1 N–H and O–H groups in total. The molecule has 1 aromatic heterocycles. The van der Waals surface area contributed by atoms with E-state index in [-0.39, 0.29) is 0 Å². The van der Waals surface area contributed by atoms with E-state index in [0.29, 0.717) is 0 Å². The Morgan fingerprint density at radius 2 is 2.12 bits per heavy atom. The van der Waals surface area contributed by atoms with Crippen LogP contribution in [0.15, 0.2) is 6.07 Å². The molecule has 1 saturated carbocycles. The molecule has 0 unspecified atom stereocenters. The van der Waals surface area contributed by atoms with Crippen molar-refractivity contribution >= 4 is 0 Å². The van der Waals surface area contributed by atoms with E-state index in [1.54, 1.807) is 0 Å². The Morgan fingerprint density at radius 1 is 1.38 bits per heavy atom. The Labute approximate surface area is 98.2 Å². The lowest BCUT2D eigenvalue weighted by atomic mass is 10.1. The van der Waals surface area contributed by atoms with Gasteiger partial charge >= 0.3 is 0 Å². The highest BCUT2D eigenvalue weighted by Gasteiger charge is 2.13. The van der Waals surface area contributed by atoms with Crippen LogP contribution < -0.4 is 5.32 Å². The van der Waals surface area contributed by atoms with Crippen molar-refractivity contribution in [3.8, 4) is 0 Å². The lowest BCUT2D eigenvalue weighted by Gasteiger charge is -2.11. The smallest absolute Gasteiger partial charge is 0.0596 e. The van der Waals surface area contributed by atoms with Crippen molar-refractivity contribution in [3.05, 3.63) is 17.5 Å². The van der Waals surface area contributed by atoms with Gasteiger partial charge < -0.3 is 5.32 Å². The summed E-state index contributed by atoms with van der Waals surface area (Å²) in [6.07, 6.45) is 5.72. The summed E-state index contributed by atoms with van der Waals surface area (Å²) in [5.41, 5.74) is 2.38. The summed E-state index contributed by atoms with van der Waals surface area (Å²) < 4.78 is 2.09. The number of hydrogen-bond donors (Lipinski definition) is 1. The van der Waals surface area contributed by atoms with Crippen molar-refractivity contribution in [2.75, 3.05) is 13.1 Å². The van der Waals surface area contributed by atoms with Gasteiger partial charge in [-0.15, -0.1) is 0 Å². The molecule has 0 radical (unpaired) electrons. The SMILES string of the molecule is Cc1cc(C)n(CCNCC2CCCC2)n1. The van der Waals surface area contributed by atoms with Crippen LogP contribution in [-0.4, -0.2) is 22.9 Å². The summed E-state index contributed by atoms with van der Waals surface area (Å²) in [5.74, 6) is 0.931. The molecule has 0 amide bonds. The molecule has 2 rings (SSSR count). The van der Waals surface area contributed by atoms with Crippen LogP contribution in [0.3, 0.4) is 0 Å². The average Bonchev–Trinajstić information content (AvgIpc) is 2.84. The van der Waals surface area contributed by atoms with Crippen molar-refractivity contribution in [1.29, 1.82) is 0 Å². The van der Waals surface area contributed by atoms with Crippen LogP contribution >= 0.6 is 0 Å². The van der Waals surface area contributed by atoms with E-state index in [4.69, 9.17) is 0 Å². The molecule has 1 fully saturated rings. The molecule has 1 aromatic rings. The summed E-state index contributed by atoms with van der Waals surface area (Å²) in [5, 5.41) is 8.01. The fourth-order valence-corrected chi connectivity index (χ4v) is 2.61. The van der Waals surface area contributed by atoms with Gasteiger partial charge in [-0.2, -0.15) is 5.10 Å². The first kappa shape index (κ1) is 11.6. The van der Waals surface area contributed by atoms with Crippen LogP contribution in [0, 0.1) is 19.8 Å². The second kappa shape index (κ2) is 5.48. The zero-order valence-electron chi connectivity index (χ0n) is 10.5. The largest absolute Gasteiger partial charge is 0.315 e. The molecular weight excluding hydrogens is 198 g/mol. The molecule has 90 valence electrons. The van der Waals surface area contributed by atoms with Gasteiger partial charge in [-0.1, -0.05) is 12.8 Å². The van der Waals surface area contributed by atoms with Crippen molar-refractivity contribution < 1.29 is 0 Å². The van der Waals surface area contributed by atoms with E-state index in [2.05, 4.69) is 35.0 Å². The van der Waals surface area contributed by atoms with Gasteiger partial charge in [0.1, 0.15) is 0 Å². The lowest BCUT2D eigenvalue weighted by Crippen LogP contribution is -2.25. The molecule has 0 spiro atoms. The Morgan fingerprint density at radius 3 is 2.75 bits per heavy atom. The molecule has 0 saturated heterocycles. The van der Waals surface area contributed by atoms with Crippen molar-refractivity contribution in [3.63, 3.8) is 0 Å². The van der Waals surface area contributed by atoms with Crippen LogP contribution in [0.25, 0.3) is 0 Å². The topological polar surface area (TPSA) is 29.9 Å². The number of rotatable bonds is 5. The minimum atomic E-state index is 0.931. The van der Waals surface area contributed by atoms with Gasteiger partial charge in [0.25, 0.3) is 0 Å². The van der Waals surface area contributed by atoms with Crippen LogP contribution in [0.4, 0.5) is 0 Å². The highest BCUT2D eigenvalue weighted by Crippen LogP contribution is 2.23. The molecule has 1 aliphatic carbocycles. The summed E-state index contributed by atoms with van der Waals surface area (Å²) in [4.78, 5) is 0. The van der Waals surface area contributed by atoms with E-state index in [0.717, 1.165) is 24.7 Å². The van der Waals surface area contributed by atoms with E-state index < -0.39 is 0 Å². The van der Waals surface area contributed by atoms with Gasteiger partial charge in [-0.3, -0.25) is 4.68 Å². The second-order valence-corrected chi connectivity index (χ2v) is 5.00. The first-order valence-electron chi connectivity index (χ1n) is 6.47. The maximum atomic E-state index is 4.46. The fraction of sp³-hybridized carbons (Fsp3) is 0.769. The summed E-state index contributed by atoms with van der Waals surface area (Å²) in [6.45, 7) is 7.40. The highest BCUT2D eigenvalue weighted by molar-refractivity contribution is 5.06. The Balaban J connectivity index is 1.65. The predicted octanol–water partition coefficient (Wildman–Crippen LogP) is 2.28. The predicted molar refractivity (Wildman–Crippen MR) is 66.5 cm³/mol. The van der Waals surface area contributed by atoms with Gasteiger partial charge in [0.2, 0.25) is 0 Å². The molecule has 1 aliphatic rings. The third kappa shape index (κ3) is 3.08. The zero-order chi connectivity index (χ0) is 11.4. The number of hydrogen-bond acceptors (Lipinski definition) is 2. The van der Waals surface area contributed by atoms with Crippen molar-refractivity contribution in [2.24, 2.45) is 5.92 Å². The number of nitrogens with zero attached hydrogens (tertiary/aromatic N) is 2. The standard InChI is InChI=1S/C13H23N3/c1-11-9-12(2)16(15-11)8-7-14-10-13-5-3-4-6-13/h9,13-14H,3-8,10H2,1-2H3. The maximum Gasteiger partial charge on any atom is 0.0596 e. The van der Waals surface area contributed by atoms with Crippen molar-refractivity contribution in [2.45, 2.75) is 46.1 Å². The molecule has 0 bridgehead atoms. The van der Waals surface area contributed by atoms with Gasteiger partial charge in [0, 0.05) is 12.2 Å². The third-order valence-electron chi connectivity index (χ3n) is 3.51. The van der Waals surface area contributed by atoms with Gasteiger partial charge in [-0.05, 0) is 45.2 Å². The van der Waals surface area contributed by atoms with Gasteiger partial charge in [-0.25, -0.2) is 0 Å². The first-order valence-corrected chi connectivity index (χ1v) is 6.47. The zero-order valence-corrected chi connectivity index (χ0v) is 10.5. The fourth-order valence-electron chi connectivity index (χ4n) is 2.61. The van der Waals surface area contributed by atoms with E-state index in [1.807, 2.05) is 0 Å². The second-order valence-electron chi connectivity index (χ2n) is 5.00. The number of aromatic nitrogens is 2. The summed E-state index contributed by atoms with van der Waals surface area (Å²) in [7, 11) is 0. The molecule has 1 heterocycles. The number of nitrogens with one attached hydrogen (secondary N) is 1. The average molecular weight is 221 g/mol. The highest BCUT2D eigenvalue weighted by atomic mass is 15.3. The summed E-state index contributed by atoms with van der Waals surface area (Å²) >= 11 is 0. The van der Waals surface area contributed by atoms with E-state index >= 15 is 0 Å². The minimum Gasteiger partial charge on any atom is -0.315 e. The lowest BCUT2D eigenvalue weighted by molar-refractivity contribution is 0.464. The minimum absolute atomic E-state index is 0.931. The molecule has 3 heteroatoms. The maximum absolute atomic E-state index is 4.46. The normalized spacial score (nSPS) is 17.1. The van der Waals surface area contributed by atoms with Crippen LogP contribution in [0.5, 0.6) is 0 Å². The first-order chi connectivity index (χ1) is 7.75. The van der Waals surface area contributed by atoms with E-state index in [1.165, 1.54) is 37.9 Å². The Kier molecular flexibility index (Phi) is 3.99. The van der Waals surface area contributed by atoms with E-state index in [9.17, 15) is 0 Å². The molecule has 3 nitrogen and oxygen atoms in total. The summed E-state index contributed by atoms with van der Waals surface area (Å²) in [6, 6.07) is 2.14. The molecule has 0 aliphatic heterocycles. The number of aryl methyl sites for hydroxylation is 2.